The van der Waals surface area contributed by atoms with Gasteiger partial charge in [-0.05, 0) is 54.4 Å². The van der Waals surface area contributed by atoms with E-state index in [1.807, 2.05) is 55.5 Å². The molecule has 0 bridgehead atoms. The molecule has 6 nitrogen and oxygen atoms in total. The van der Waals surface area contributed by atoms with Crippen molar-refractivity contribution < 1.29 is 9.53 Å². The van der Waals surface area contributed by atoms with Gasteiger partial charge in [0.05, 0.1) is 18.6 Å². The fraction of sp³-hybridized carbons (Fsp3) is 0.200. The molecule has 0 aliphatic carbocycles. The zero-order valence-corrected chi connectivity index (χ0v) is 19.5. The van der Waals surface area contributed by atoms with E-state index in [4.69, 9.17) is 16.3 Å². The van der Waals surface area contributed by atoms with E-state index >= 15 is 0 Å². The summed E-state index contributed by atoms with van der Waals surface area (Å²) in [7, 11) is 1.62. The number of halogens is 1. The summed E-state index contributed by atoms with van der Waals surface area (Å²) < 4.78 is 6.75. The van der Waals surface area contributed by atoms with Gasteiger partial charge in [-0.2, -0.15) is 5.10 Å². The number of amides is 1. The number of aromatic nitrogens is 2. The van der Waals surface area contributed by atoms with Crippen molar-refractivity contribution in [2.45, 2.75) is 21.4 Å². The number of rotatable bonds is 9. The first kappa shape index (κ1) is 22.6. The summed E-state index contributed by atoms with van der Waals surface area (Å²) in [5.74, 6) is 1.58. The van der Waals surface area contributed by atoms with E-state index < -0.39 is 0 Å². The van der Waals surface area contributed by atoms with Crippen molar-refractivity contribution in [3.63, 3.8) is 0 Å². The number of thioether (sulfide) groups is 2. The smallest absolute Gasteiger partial charge is 0.250 e. The maximum atomic E-state index is 12.1. The number of benzene rings is 2. The van der Waals surface area contributed by atoms with Gasteiger partial charge in [-0.1, -0.05) is 58.6 Å². The summed E-state index contributed by atoms with van der Waals surface area (Å²) in [6.07, 6.45) is 0. The summed E-state index contributed by atoms with van der Waals surface area (Å²) in [5.41, 5.74) is 5.37. The number of methoxy groups -OCH3 is 1. The number of ether oxygens (including phenoxy) is 1. The lowest BCUT2D eigenvalue weighted by Gasteiger charge is -2.04. The summed E-state index contributed by atoms with van der Waals surface area (Å²) >= 11 is 10.3. The Balaban J connectivity index is 1.43. The Morgan fingerprint density at radius 1 is 1.10 bits per heavy atom. The van der Waals surface area contributed by atoms with Gasteiger partial charge in [0.2, 0.25) is 0 Å². The molecule has 0 aliphatic heterocycles. The van der Waals surface area contributed by atoms with Crippen molar-refractivity contribution in [2.75, 3.05) is 12.9 Å². The molecular formula is C20H19ClN4O2S3. The van der Waals surface area contributed by atoms with Crippen LogP contribution in [0.3, 0.4) is 0 Å². The van der Waals surface area contributed by atoms with E-state index in [0.29, 0.717) is 5.71 Å². The second-order valence-corrected chi connectivity index (χ2v) is 9.86. The predicted octanol–water partition coefficient (Wildman–Crippen LogP) is 5.12. The molecule has 156 valence electrons. The van der Waals surface area contributed by atoms with E-state index in [1.165, 1.54) is 28.7 Å². The van der Waals surface area contributed by atoms with Crippen molar-refractivity contribution in [1.29, 1.82) is 0 Å². The number of hydrazone groups is 1. The minimum Gasteiger partial charge on any atom is -0.497 e. The number of nitrogens with one attached hydrogen (secondary N) is 1. The number of hydrogen-bond acceptors (Lipinski definition) is 8. The summed E-state index contributed by atoms with van der Waals surface area (Å²) in [5, 5.41) is 13.2. The van der Waals surface area contributed by atoms with Gasteiger partial charge >= 0.3 is 0 Å². The van der Waals surface area contributed by atoms with Gasteiger partial charge in [0.25, 0.3) is 5.91 Å². The van der Waals surface area contributed by atoms with Gasteiger partial charge in [0.1, 0.15) is 5.75 Å². The summed E-state index contributed by atoms with van der Waals surface area (Å²) in [4.78, 5) is 12.1. The molecule has 0 saturated heterocycles. The SMILES string of the molecule is COc1ccc(C(C)=NNC(=O)CSc2nnc(SCc3ccc(Cl)cc3)s2)cc1. The minimum atomic E-state index is -0.196. The maximum Gasteiger partial charge on any atom is 0.250 e. The number of nitrogens with zero attached hydrogens (tertiary/aromatic N) is 3. The first-order valence-electron chi connectivity index (χ1n) is 8.84. The highest BCUT2D eigenvalue weighted by atomic mass is 35.5. The van der Waals surface area contributed by atoms with Crippen molar-refractivity contribution in [1.82, 2.24) is 15.6 Å². The van der Waals surface area contributed by atoms with Crippen LogP contribution in [0.2, 0.25) is 5.02 Å². The molecule has 0 radical (unpaired) electrons. The Kier molecular flexibility index (Phi) is 8.56. The minimum absolute atomic E-state index is 0.196. The molecular weight excluding hydrogens is 460 g/mol. The van der Waals surface area contributed by atoms with E-state index in [0.717, 1.165) is 30.8 Å². The Hall–Kier alpha value is -2.07. The van der Waals surface area contributed by atoms with Crippen molar-refractivity contribution >= 4 is 58.1 Å². The molecule has 1 N–H and O–H groups in total. The van der Waals surface area contributed by atoms with Crippen LogP contribution in [0.4, 0.5) is 0 Å². The normalized spacial score (nSPS) is 11.4. The average molecular weight is 479 g/mol. The molecule has 0 unspecified atom stereocenters. The lowest BCUT2D eigenvalue weighted by Crippen LogP contribution is -2.21. The Labute approximate surface area is 192 Å². The highest BCUT2D eigenvalue weighted by Gasteiger charge is 2.09. The van der Waals surface area contributed by atoms with Crippen molar-refractivity contribution in [3.05, 3.63) is 64.7 Å². The molecule has 0 saturated carbocycles. The first-order chi connectivity index (χ1) is 14.5. The van der Waals surface area contributed by atoms with Crippen molar-refractivity contribution in [3.8, 4) is 5.75 Å². The summed E-state index contributed by atoms with van der Waals surface area (Å²) in [6.45, 7) is 1.84. The van der Waals surface area contributed by atoms with Crippen LogP contribution in [0, 0.1) is 0 Å². The van der Waals surface area contributed by atoms with Crippen LogP contribution in [-0.2, 0) is 10.5 Å². The lowest BCUT2D eigenvalue weighted by molar-refractivity contribution is -0.118. The van der Waals surface area contributed by atoms with Gasteiger partial charge < -0.3 is 4.74 Å². The Morgan fingerprint density at radius 2 is 1.77 bits per heavy atom. The molecule has 0 aliphatic rings. The van der Waals surface area contributed by atoms with Gasteiger partial charge in [-0.15, -0.1) is 10.2 Å². The van der Waals surface area contributed by atoms with Crippen molar-refractivity contribution in [2.24, 2.45) is 5.10 Å². The highest BCUT2D eigenvalue weighted by Crippen LogP contribution is 2.30. The van der Waals surface area contributed by atoms with Crippen LogP contribution in [0.1, 0.15) is 18.1 Å². The standard InChI is InChI=1S/C20H19ClN4O2S3/c1-13(15-5-9-17(27-2)10-6-15)22-23-18(26)12-29-20-25-24-19(30-20)28-11-14-3-7-16(21)8-4-14/h3-10H,11-12H2,1-2H3,(H,23,26). The third-order valence-corrected chi connectivity index (χ3v) is 7.36. The van der Waals surface area contributed by atoms with E-state index in [9.17, 15) is 4.79 Å². The Morgan fingerprint density at radius 3 is 2.43 bits per heavy atom. The van der Waals surface area contributed by atoms with E-state index in [-0.39, 0.29) is 11.7 Å². The molecule has 1 aromatic heterocycles. The second kappa shape index (κ2) is 11.4. The molecule has 3 aromatic rings. The summed E-state index contributed by atoms with van der Waals surface area (Å²) in [6, 6.07) is 15.2. The second-order valence-electron chi connectivity index (χ2n) is 6.00. The molecule has 10 heteroatoms. The number of hydrogen-bond donors (Lipinski definition) is 1. The van der Waals surface area contributed by atoms with E-state index in [2.05, 4.69) is 20.7 Å². The van der Waals surface area contributed by atoms with Gasteiger partial charge in [0.15, 0.2) is 8.68 Å². The third-order valence-electron chi connectivity index (χ3n) is 3.85. The number of carbonyl (C=O) groups is 1. The molecule has 1 heterocycles. The van der Waals surface area contributed by atoms with Crippen LogP contribution >= 0.6 is 46.5 Å². The largest absolute Gasteiger partial charge is 0.497 e. The maximum absolute atomic E-state index is 12.1. The van der Waals surface area contributed by atoms with Gasteiger partial charge in [0, 0.05) is 10.8 Å². The molecule has 3 rings (SSSR count). The molecule has 30 heavy (non-hydrogen) atoms. The molecule has 0 atom stereocenters. The lowest BCUT2D eigenvalue weighted by atomic mass is 10.1. The van der Waals surface area contributed by atoms with Crippen LogP contribution in [0.25, 0.3) is 0 Å². The highest BCUT2D eigenvalue weighted by molar-refractivity contribution is 8.03. The molecule has 2 aromatic carbocycles. The topological polar surface area (TPSA) is 76.5 Å². The monoisotopic (exact) mass is 478 g/mol. The first-order valence-corrected chi connectivity index (χ1v) is 12.0. The van der Waals surface area contributed by atoms with Gasteiger partial charge in [-0.25, -0.2) is 5.43 Å². The Bertz CT molecular complexity index is 1010. The average Bonchev–Trinajstić information content (AvgIpc) is 3.23. The van der Waals surface area contributed by atoms with Crippen LogP contribution in [-0.4, -0.2) is 34.7 Å². The quantitative estimate of drug-likeness (QED) is 0.261. The van der Waals surface area contributed by atoms with Gasteiger partial charge in [-0.3, -0.25) is 4.79 Å². The molecule has 1 amide bonds. The number of carbonyl (C=O) groups excluding carboxylic acids is 1. The zero-order chi connectivity index (χ0) is 21.3. The van der Waals surface area contributed by atoms with Crippen LogP contribution in [0.15, 0.2) is 62.3 Å². The van der Waals surface area contributed by atoms with E-state index in [1.54, 1.807) is 18.9 Å². The predicted molar refractivity (Wildman–Crippen MR) is 125 cm³/mol. The van der Waals surface area contributed by atoms with Crippen LogP contribution < -0.4 is 10.2 Å². The zero-order valence-electron chi connectivity index (χ0n) is 16.3. The molecule has 0 fully saturated rings. The fourth-order valence-electron chi connectivity index (χ4n) is 2.24. The molecule has 0 spiro atoms. The third kappa shape index (κ3) is 7.02. The van der Waals surface area contributed by atoms with Crippen LogP contribution in [0.5, 0.6) is 5.75 Å². The fourth-order valence-corrected chi connectivity index (χ4v) is 5.14.